The van der Waals surface area contributed by atoms with Gasteiger partial charge < -0.3 is 8.85 Å². The van der Waals surface area contributed by atoms with Gasteiger partial charge >= 0.3 is 0 Å². The lowest BCUT2D eigenvalue weighted by Gasteiger charge is -2.40. The van der Waals surface area contributed by atoms with Crippen molar-refractivity contribution in [3.8, 4) is 0 Å². The highest BCUT2D eigenvalue weighted by Crippen LogP contribution is 2.36. The van der Waals surface area contributed by atoms with E-state index in [1.54, 1.807) is 0 Å². The number of rotatable bonds is 16. The van der Waals surface area contributed by atoms with Gasteiger partial charge in [0, 0.05) is 13.2 Å². The van der Waals surface area contributed by atoms with E-state index in [2.05, 4.69) is 41.5 Å². The molecule has 2 nitrogen and oxygen atoms in total. The topological polar surface area (TPSA) is 18.5 Å². The Bertz CT molecular complexity index is 234. The van der Waals surface area contributed by atoms with Gasteiger partial charge in [-0.1, -0.05) is 67.2 Å². The standard InChI is InChI=1S/C19H44O2Si2/c1-7-13-20-22(15-9-3,16-10-4)19-23(17-11-5,18-12-6)21-14-8-2/h7-19H2,1-6H3. The summed E-state index contributed by atoms with van der Waals surface area (Å²) in [6.45, 7) is 15.8. The van der Waals surface area contributed by atoms with E-state index in [9.17, 15) is 0 Å². The van der Waals surface area contributed by atoms with Crippen molar-refractivity contribution >= 4 is 16.6 Å². The summed E-state index contributed by atoms with van der Waals surface area (Å²) in [5.74, 6) is 0. The van der Waals surface area contributed by atoms with Gasteiger partial charge in [-0.2, -0.15) is 0 Å². The maximum atomic E-state index is 6.68. The lowest BCUT2D eigenvalue weighted by atomic mass is 10.5. The Morgan fingerprint density at radius 2 is 0.783 bits per heavy atom. The highest BCUT2D eigenvalue weighted by Gasteiger charge is 2.45. The molecule has 0 aromatic heterocycles. The molecule has 0 saturated carbocycles. The minimum Gasteiger partial charge on any atom is -0.417 e. The maximum Gasteiger partial charge on any atom is 0.192 e. The van der Waals surface area contributed by atoms with Crippen LogP contribution in [0.25, 0.3) is 0 Å². The van der Waals surface area contributed by atoms with Crippen LogP contribution in [0.15, 0.2) is 0 Å². The lowest BCUT2D eigenvalue weighted by molar-refractivity contribution is 0.281. The minimum atomic E-state index is -1.64. The highest BCUT2D eigenvalue weighted by molar-refractivity contribution is 6.91. The van der Waals surface area contributed by atoms with Crippen LogP contribution in [-0.2, 0) is 8.85 Å². The Balaban J connectivity index is 5.39. The molecule has 0 aliphatic heterocycles. The fourth-order valence-corrected chi connectivity index (χ4v) is 18.4. The van der Waals surface area contributed by atoms with Gasteiger partial charge in [-0.25, -0.2) is 0 Å². The van der Waals surface area contributed by atoms with Gasteiger partial charge in [-0.05, 0) is 42.7 Å². The Morgan fingerprint density at radius 3 is 1.00 bits per heavy atom. The Labute approximate surface area is 149 Å². The van der Waals surface area contributed by atoms with Crippen molar-refractivity contribution < 1.29 is 8.85 Å². The molecule has 0 fully saturated rings. The Hall–Kier alpha value is 0.354. The second-order valence-electron chi connectivity index (χ2n) is 7.24. The molecule has 0 aromatic carbocycles. The molecule has 0 unspecified atom stereocenters. The van der Waals surface area contributed by atoms with Crippen molar-refractivity contribution in [1.29, 1.82) is 0 Å². The first-order valence-corrected chi connectivity index (χ1v) is 15.4. The van der Waals surface area contributed by atoms with Crippen LogP contribution in [0.2, 0.25) is 29.8 Å². The van der Waals surface area contributed by atoms with Crippen molar-refractivity contribution in [2.45, 2.75) is 110 Å². The molecule has 140 valence electrons. The molecule has 0 rings (SSSR count). The first-order chi connectivity index (χ1) is 11.1. The summed E-state index contributed by atoms with van der Waals surface area (Å²) in [5, 5.41) is 0. The van der Waals surface area contributed by atoms with E-state index in [-0.39, 0.29) is 0 Å². The number of hydrogen-bond acceptors (Lipinski definition) is 2. The molecule has 0 bridgehead atoms. The van der Waals surface area contributed by atoms with Crippen molar-refractivity contribution in [3.63, 3.8) is 0 Å². The van der Waals surface area contributed by atoms with Gasteiger partial charge in [0.1, 0.15) is 0 Å². The molecule has 0 atom stereocenters. The average molecular weight is 361 g/mol. The van der Waals surface area contributed by atoms with Gasteiger partial charge in [-0.3, -0.25) is 0 Å². The zero-order valence-corrected chi connectivity index (χ0v) is 19.0. The molecule has 0 spiro atoms. The third kappa shape index (κ3) is 8.85. The molecule has 0 amide bonds. The second-order valence-corrected chi connectivity index (χ2v) is 16.0. The van der Waals surface area contributed by atoms with Gasteiger partial charge in [0.2, 0.25) is 0 Å². The predicted octanol–water partition coefficient (Wildman–Crippen LogP) is 6.91. The van der Waals surface area contributed by atoms with Crippen LogP contribution in [0.1, 0.15) is 80.1 Å². The zero-order chi connectivity index (χ0) is 17.6. The SMILES string of the molecule is CCCO[Si](CCC)(CCC)C[Si](CCC)(CCC)OCCC. The fourth-order valence-electron chi connectivity index (χ4n) is 4.04. The predicted molar refractivity (Wildman–Crippen MR) is 109 cm³/mol. The molecular formula is C19H44O2Si2. The highest BCUT2D eigenvalue weighted by atomic mass is 28.4. The largest absolute Gasteiger partial charge is 0.417 e. The zero-order valence-electron chi connectivity index (χ0n) is 17.0. The van der Waals surface area contributed by atoms with E-state index in [1.807, 2.05) is 0 Å². The fraction of sp³-hybridized carbons (Fsp3) is 1.00. The molecule has 0 aliphatic carbocycles. The Kier molecular flexibility index (Phi) is 13.8. The summed E-state index contributed by atoms with van der Waals surface area (Å²) in [5.41, 5.74) is 1.35. The third-order valence-electron chi connectivity index (χ3n) is 4.69. The smallest absolute Gasteiger partial charge is 0.192 e. The maximum absolute atomic E-state index is 6.68. The van der Waals surface area contributed by atoms with Crippen molar-refractivity contribution in [1.82, 2.24) is 0 Å². The summed E-state index contributed by atoms with van der Waals surface area (Å²) < 4.78 is 13.4. The molecular weight excluding hydrogens is 316 g/mol. The van der Waals surface area contributed by atoms with Gasteiger partial charge in [-0.15, -0.1) is 0 Å². The summed E-state index contributed by atoms with van der Waals surface area (Å²) in [6, 6.07) is 5.33. The van der Waals surface area contributed by atoms with Crippen LogP contribution < -0.4 is 0 Å². The van der Waals surface area contributed by atoms with E-state index >= 15 is 0 Å². The molecule has 23 heavy (non-hydrogen) atoms. The molecule has 0 radical (unpaired) electrons. The van der Waals surface area contributed by atoms with Crippen LogP contribution in [0.3, 0.4) is 0 Å². The summed E-state index contributed by atoms with van der Waals surface area (Å²) in [7, 11) is -3.28. The summed E-state index contributed by atoms with van der Waals surface area (Å²) in [4.78, 5) is 0. The Morgan fingerprint density at radius 1 is 0.478 bits per heavy atom. The molecule has 0 aliphatic rings. The minimum absolute atomic E-state index is 0.961. The van der Waals surface area contributed by atoms with E-state index in [4.69, 9.17) is 8.85 Å². The van der Waals surface area contributed by atoms with Gasteiger partial charge in [0.05, 0.1) is 0 Å². The van der Waals surface area contributed by atoms with E-state index in [0.29, 0.717) is 0 Å². The molecule has 0 aromatic rings. The average Bonchev–Trinajstić information content (AvgIpc) is 2.52. The van der Waals surface area contributed by atoms with Crippen LogP contribution in [0, 0.1) is 0 Å². The summed E-state index contributed by atoms with van der Waals surface area (Å²) >= 11 is 0. The van der Waals surface area contributed by atoms with E-state index in [1.165, 1.54) is 55.5 Å². The van der Waals surface area contributed by atoms with Crippen LogP contribution in [0.4, 0.5) is 0 Å². The van der Waals surface area contributed by atoms with Crippen LogP contribution in [0.5, 0.6) is 0 Å². The first kappa shape index (κ1) is 23.4. The monoisotopic (exact) mass is 360 g/mol. The normalized spacial score (nSPS) is 12.8. The van der Waals surface area contributed by atoms with Crippen molar-refractivity contribution in [3.05, 3.63) is 0 Å². The number of hydrogen-bond donors (Lipinski definition) is 0. The molecule has 0 N–H and O–H groups in total. The van der Waals surface area contributed by atoms with E-state index in [0.717, 1.165) is 26.1 Å². The van der Waals surface area contributed by atoms with Crippen molar-refractivity contribution in [2.75, 3.05) is 13.2 Å². The third-order valence-corrected chi connectivity index (χ3v) is 17.1. The quantitative estimate of drug-likeness (QED) is 0.278. The van der Waals surface area contributed by atoms with Crippen LogP contribution >= 0.6 is 0 Å². The summed E-state index contributed by atoms with van der Waals surface area (Å²) in [6.07, 6.45) is 7.37. The second kappa shape index (κ2) is 13.6. The first-order valence-electron chi connectivity index (χ1n) is 10.3. The van der Waals surface area contributed by atoms with Gasteiger partial charge in [0.25, 0.3) is 0 Å². The van der Waals surface area contributed by atoms with Gasteiger partial charge in [0.15, 0.2) is 16.6 Å². The lowest BCUT2D eigenvalue weighted by Crippen LogP contribution is -2.51. The van der Waals surface area contributed by atoms with E-state index < -0.39 is 16.6 Å². The molecule has 4 heteroatoms. The molecule has 0 heterocycles. The van der Waals surface area contributed by atoms with Crippen molar-refractivity contribution in [2.24, 2.45) is 0 Å². The molecule has 0 saturated heterocycles. The van der Waals surface area contributed by atoms with Crippen LogP contribution in [-0.4, -0.2) is 29.8 Å².